The lowest BCUT2D eigenvalue weighted by Gasteiger charge is -2.36. The van der Waals surface area contributed by atoms with Gasteiger partial charge in [-0.1, -0.05) is 18.2 Å². The number of benzene rings is 1. The molecular weight excluding hydrogens is 342 g/mol. The number of nitrogens with one attached hydrogen (secondary N) is 1. The Morgan fingerprint density at radius 1 is 1.30 bits per heavy atom. The highest BCUT2D eigenvalue weighted by Crippen LogP contribution is 2.26. The normalized spacial score (nSPS) is 25.6. The van der Waals surface area contributed by atoms with Crippen LogP contribution in [0.15, 0.2) is 36.5 Å². The van der Waals surface area contributed by atoms with Crippen molar-refractivity contribution in [1.82, 2.24) is 15.2 Å². The Labute approximate surface area is 159 Å². The highest BCUT2D eigenvalue weighted by molar-refractivity contribution is 5.85. The molecule has 0 unspecified atom stereocenters. The Hall–Kier alpha value is -2.02. The van der Waals surface area contributed by atoms with Crippen LogP contribution in [0.4, 0.5) is 0 Å². The van der Waals surface area contributed by atoms with Crippen LogP contribution in [0, 0.1) is 5.92 Å². The van der Waals surface area contributed by atoms with Gasteiger partial charge in [0.1, 0.15) is 5.60 Å². The number of pyridine rings is 1. The van der Waals surface area contributed by atoms with E-state index >= 15 is 0 Å². The lowest BCUT2D eigenvalue weighted by molar-refractivity contribution is -0.145. The summed E-state index contributed by atoms with van der Waals surface area (Å²) in [6.07, 6.45) is 3.60. The molecule has 1 amide bonds. The van der Waals surface area contributed by atoms with Crippen LogP contribution in [0.5, 0.6) is 0 Å². The van der Waals surface area contributed by atoms with Crippen molar-refractivity contribution in [2.45, 2.75) is 30.9 Å². The van der Waals surface area contributed by atoms with Gasteiger partial charge in [-0.3, -0.25) is 9.78 Å². The van der Waals surface area contributed by atoms with E-state index in [4.69, 9.17) is 4.74 Å². The number of amides is 1. The standard InChI is InChI=1S/C21H27N3O3/c1-24-10-7-21(26,8-11-24)20(25)23-19-14-27-13-16(19)12-15-6-9-22-18-5-3-2-4-17(15)18/h2-6,9,16,19,26H,7-8,10-14H2,1H3,(H,23,25)/t16-,19-/m1/s1. The van der Waals surface area contributed by atoms with E-state index in [2.05, 4.69) is 21.3 Å². The maximum atomic E-state index is 12.7. The maximum absolute atomic E-state index is 12.7. The van der Waals surface area contributed by atoms with Crippen LogP contribution in [0.25, 0.3) is 10.9 Å². The van der Waals surface area contributed by atoms with Crippen molar-refractivity contribution >= 4 is 16.8 Å². The highest BCUT2D eigenvalue weighted by Gasteiger charge is 2.41. The van der Waals surface area contributed by atoms with Crippen LogP contribution in [0.3, 0.4) is 0 Å². The molecule has 3 heterocycles. The van der Waals surface area contributed by atoms with Crippen molar-refractivity contribution < 1.29 is 14.6 Å². The first-order valence-corrected chi connectivity index (χ1v) is 9.67. The number of aromatic nitrogens is 1. The van der Waals surface area contributed by atoms with E-state index < -0.39 is 5.60 Å². The third-order valence-corrected chi connectivity index (χ3v) is 5.97. The Bertz CT molecular complexity index is 812. The van der Waals surface area contributed by atoms with Crippen LogP contribution in [0.1, 0.15) is 18.4 Å². The summed E-state index contributed by atoms with van der Waals surface area (Å²) < 4.78 is 5.67. The van der Waals surface area contributed by atoms with Gasteiger partial charge in [0.25, 0.3) is 5.91 Å². The number of para-hydroxylation sites is 1. The van der Waals surface area contributed by atoms with Crippen molar-refractivity contribution in [3.05, 3.63) is 42.1 Å². The van der Waals surface area contributed by atoms with Crippen molar-refractivity contribution in [2.75, 3.05) is 33.4 Å². The molecule has 1 aromatic heterocycles. The molecule has 6 heteroatoms. The van der Waals surface area contributed by atoms with E-state index in [-0.39, 0.29) is 17.9 Å². The fourth-order valence-corrected chi connectivity index (χ4v) is 4.09. The summed E-state index contributed by atoms with van der Waals surface area (Å²) in [7, 11) is 2.01. The fraction of sp³-hybridized carbons (Fsp3) is 0.524. The van der Waals surface area contributed by atoms with E-state index in [0.29, 0.717) is 26.1 Å². The van der Waals surface area contributed by atoms with Crippen molar-refractivity contribution in [3.63, 3.8) is 0 Å². The second-order valence-corrected chi connectivity index (χ2v) is 7.90. The van der Waals surface area contributed by atoms with Crippen LogP contribution < -0.4 is 5.32 Å². The molecule has 2 N–H and O–H groups in total. The Morgan fingerprint density at radius 3 is 2.89 bits per heavy atom. The first kappa shape index (κ1) is 18.3. The van der Waals surface area contributed by atoms with E-state index in [9.17, 15) is 9.90 Å². The number of piperidine rings is 1. The molecule has 1 aromatic carbocycles. The van der Waals surface area contributed by atoms with Gasteiger partial charge in [-0.15, -0.1) is 0 Å². The summed E-state index contributed by atoms with van der Waals surface area (Å²) in [4.78, 5) is 19.3. The number of carbonyl (C=O) groups excluding carboxylic acids is 1. The van der Waals surface area contributed by atoms with E-state index in [1.807, 2.05) is 37.5 Å². The number of aliphatic hydroxyl groups is 1. The molecule has 0 spiro atoms. The third-order valence-electron chi connectivity index (χ3n) is 5.97. The molecule has 0 bridgehead atoms. The van der Waals surface area contributed by atoms with Crippen LogP contribution in [-0.2, 0) is 16.0 Å². The molecule has 6 nitrogen and oxygen atoms in total. The van der Waals surface area contributed by atoms with Gasteiger partial charge in [-0.05, 0) is 44.0 Å². The molecule has 2 aliphatic rings. The van der Waals surface area contributed by atoms with Gasteiger partial charge in [-0.2, -0.15) is 0 Å². The summed E-state index contributed by atoms with van der Waals surface area (Å²) in [6, 6.07) is 10.1. The summed E-state index contributed by atoms with van der Waals surface area (Å²) >= 11 is 0. The molecule has 2 fully saturated rings. The van der Waals surface area contributed by atoms with Gasteiger partial charge in [0, 0.05) is 30.6 Å². The predicted octanol–water partition coefficient (Wildman–Crippen LogP) is 1.37. The number of fused-ring (bicyclic) bond motifs is 1. The number of carbonyl (C=O) groups is 1. The highest BCUT2D eigenvalue weighted by atomic mass is 16.5. The predicted molar refractivity (Wildman–Crippen MR) is 103 cm³/mol. The second kappa shape index (κ2) is 7.54. The zero-order valence-corrected chi connectivity index (χ0v) is 15.7. The number of rotatable bonds is 4. The van der Waals surface area contributed by atoms with Crippen LogP contribution in [0.2, 0.25) is 0 Å². The number of ether oxygens (including phenoxy) is 1. The van der Waals surface area contributed by atoms with Crippen molar-refractivity contribution in [2.24, 2.45) is 5.92 Å². The van der Waals surface area contributed by atoms with Crippen molar-refractivity contribution in [3.8, 4) is 0 Å². The van der Waals surface area contributed by atoms with E-state index in [0.717, 1.165) is 30.4 Å². The second-order valence-electron chi connectivity index (χ2n) is 7.90. The SMILES string of the molecule is CN1CCC(O)(C(=O)N[C@@H]2COC[C@H]2Cc2ccnc3ccccc23)CC1. The summed E-state index contributed by atoms with van der Waals surface area (Å²) in [6.45, 7) is 2.58. The smallest absolute Gasteiger partial charge is 0.252 e. The summed E-state index contributed by atoms with van der Waals surface area (Å²) in [5.74, 6) is -0.0645. The van der Waals surface area contributed by atoms with Gasteiger partial charge in [0.05, 0.1) is 24.8 Å². The first-order chi connectivity index (χ1) is 13.0. The molecule has 0 saturated carbocycles. The van der Waals surface area contributed by atoms with Gasteiger partial charge in [0.2, 0.25) is 0 Å². The fourth-order valence-electron chi connectivity index (χ4n) is 4.09. The number of hydrogen-bond acceptors (Lipinski definition) is 5. The molecule has 2 aliphatic heterocycles. The minimum atomic E-state index is -1.26. The lowest BCUT2D eigenvalue weighted by Crippen LogP contribution is -2.56. The van der Waals surface area contributed by atoms with E-state index in [1.165, 1.54) is 5.56 Å². The maximum Gasteiger partial charge on any atom is 0.252 e. The number of nitrogens with zero attached hydrogens (tertiary/aromatic N) is 2. The summed E-state index contributed by atoms with van der Waals surface area (Å²) in [5, 5.41) is 15.0. The third kappa shape index (κ3) is 3.83. The zero-order valence-electron chi connectivity index (χ0n) is 15.7. The summed E-state index contributed by atoms with van der Waals surface area (Å²) in [5.41, 5.74) is 0.937. The minimum absolute atomic E-state index is 0.0758. The Balaban J connectivity index is 1.45. The van der Waals surface area contributed by atoms with Gasteiger partial charge < -0.3 is 20.1 Å². The molecule has 2 atom stereocenters. The lowest BCUT2D eigenvalue weighted by atomic mass is 9.89. The molecule has 27 heavy (non-hydrogen) atoms. The van der Waals surface area contributed by atoms with Gasteiger partial charge in [0.15, 0.2) is 0 Å². The Kier molecular flexibility index (Phi) is 5.12. The molecule has 0 radical (unpaired) electrons. The Morgan fingerprint density at radius 2 is 2.07 bits per heavy atom. The average molecular weight is 369 g/mol. The van der Waals surface area contributed by atoms with Crippen LogP contribution >= 0.6 is 0 Å². The van der Waals surface area contributed by atoms with Gasteiger partial charge in [-0.25, -0.2) is 0 Å². The average Bonchev–Trinajstić information content (AvgIpc) is 3.11. The molecule has 0 aliphatic carbocycles. The largest absolute Gasteiger partial charge is 0.380 e. The van der Waals surface area contributed by atoms with Crippen LogP contribution in [-0.4, -0.2) is 65.9 Å². The molecule has 144 valence electrons. The topological polar surface area (TPSA) is 74.7 Å². The first-order valence-electron chi connectivity index (χ1n) is 9.67. The van der Waals surface area contributed by atoms with Crippen molar-refractivity contribution in [1.29, 1.82) is 0 Å². The molecule has 2 aromatic rings. The number of hydrogen-bond donors (Lipinski definition) is 2. The monoisotopic (exact) mass is 369 g/mol. The minimum Gasteiger partial charge on any atom is -0.380 e. The zero-order chi connectivity index (χ0) is 18.9. The molecular formula is C21H27N3O3. The molecule has 4 rings (SSSR count). The molecule has 2 saturated heterocycles. The number of likely N-dealkylation sites (tertiary alicyclic amines) is 1. The quantitative estimate of drug-likeness (QED) is 0.851. The van der Waals surface area contributed by atoms with Gasteiger partial charge >= 0.3 is 0 Å². The van der Waals surface area contributed by atoms with E-state index in [1.54, 1.807) is 0 Å².